The molecule has 0 N–H and O–H groups in total. The summed E-state index contributed by atoms with van der Waals surface area (Å²) in [7, 11) is 0. The molecule has 1 unspecified atom stereocenters. The number of hydrogen-bond donors (Lipinski definition) is 0. The largest absolute Gasteiger partial charge is 0.494 e. The van der Waals surface area contributed by atoms with Crippen molar-refractivity contribution in [2.45, 2.75) is 38.5 Å². The summed E-state index contributed by atoms with van der Waals surface area (Å²) < 4.78 is 5.65. The lowest BCUT2D eigenvalue weighted by Crippen LogP contribution is -1.98. The Kier molecular flexibility index (Phi) is 2.99. The summed E-state index contributed by atoms with van der Waals surface area (Å²) in [5.74, 6) is 2.17. The Morgan fingerprint density at radius 1 is 1.47 bits per heavy atom. The average Bonchev–Trinajstić information content (AvgIpc) is 3.02. The normalized spacial score (nSPS) is 15.7. The van der Waals surface area contributed by atoms with Crippen LogP contribution in [0.2, 0.25) is 0 Å². The predicted molar refractivity (Wildman–Crippen MR) is 63.4 cm³/mol. The average molecular weight is 203 g/mol. The quantitative estimate of drug-likeness (QED) is 0.721. The Balaban J connectivity index is 2.31. The van der Waals surface area contributed by atoms with E-state index in [2.05, 4.69) is 32.0 Å². The molecule has 0 amide bonds. The molecule has 0 aliphatic heterocycles. The third-order valence-electron chi connectivity index (χ3n) is 2.92. The van der Waals surface area contributed by atoms with Crippen molar-refractivity contribution in [3.05, 3.63) is 36.2 Å². The Morgan fingerprint density at radius 3 is 2.73 bits per heavy atom. The maximum Gasteiger partial charge on any atom is 0.122 e. The molecule has 0 aromatic heterocycles. The number of rotatable bonds is 4. The van der Waals surface area contributed by atoms with Crippen molar-refractivity contribution < 1.29 is 4.74 Å². The summed E-state index contributed by atoms with van der Waals surface area (Å²) in [6.07, 6.45) is 2.63. The van der Waals surface area contributed by atoms with Gasteiger partial charge >= 0.3 is 0 Å². The van der Waals surface area contributed by atoms with Crippen molar-refractivity contribution in [3.8, 4) is 5.75 Å². The fourth-order valence-corrected chi connectivity index (χ4v) is 1.87. The van der Waals surface area contributed by atoms with E-state index in [1.807, 2.05) is 6.92 Å². The van der Waals surface area contributed by atoms with Gasteiger partial charge in [0.15, 0.2) is 0 Å². The number of benzene rings is 1. The van der Waals surface area contributed by atoms with Crippen LogP contribution in [-0.2, 0) is 0 Å². The van der Waals surface area contributed by atoms with Gasteiger partial charge < -0.3 is 4.74 Å². The van der Waals surface area contributed by atoms with Crippen molar-refractivity contribution in [2.24, 2.45) is 0 Å². The Hall–Kier alpha value is -0.980. The van der Waals surface area contributed by atoms with Crippen molar-refractivity contribution in [1.29, 1.82) is 0 Å². The van der Waals surface area contributed by atoms with Gasteiger partial charge in [-0.15, -0.1) is 0 Å². The molecule has 1 radical (unpaired) electrons. The second kappa shape index (κ2) is 4.26. The van der Waals surface area contributed by atoms with Gasteiger partial charge in [-0.1, -0.05) is 19.1 Å². The van der Waals surface area contributed by atoms with Crippen LogP contribution in [0.25, 0.3) is 0 Å². The molecule has 0 heterocycles. The molecule has 1 fully saturated rings. The van der Waals surface area contributed by atoms with E-state index in [1.54, 1.807) is 0 Å². The zero-order valence-corrected chi connectivity index (χ0v) is 9.62. The van der Waals surface area contributed by atoms with Crippen molar-refractivity contribution in [2.75, 3.05) is 6.61 Å². The van der Waals surface area contributed by atoms with Crippen LogP contribution in [0.15, 0.2) is 18.2 Å². The summed E-state index contributed by atoms with van der Waals surface area (Å²) in [4.78, 5) is 0. The van der Waals surface area contributed by atoms with Crippen LogP contribution in [0.4, 0.5) is 0 Å². The van der Waals surface area contributed by atoms with Gasteiger partial charge in [0.05, 0.1) is 6.61 Å². The Bertz CT molecular complexity index is 337. The topological polar surface area (TPSA) is 9.23 Å². The highest BCUT2D eigenvalue weighted by Gasteiger charge is 2.27. The molecule has 1 aromatic rings. The summed E-state index contributed by atoms with van der Waals surface area (Å²) in [6.45, 7) is 8.98. The third kappa shape index (κ3) is 2.34. The SMILES string of the molecule is [CH2]C(C)c1ccc(OCC)c(C2CC2)c1. The lowest BCUT2D eigenvalue weighted by molar-refractivity contribution is 0.336. The van der Waals surface area contributed by atoms with Gasteiger partial charge in [0, 0.05) is 0 Å². The fraction of sp³-hybridized carbons (Fsp3) is 0.500. The molecule has 1 heteroatoms. The minimum absolute atomic E-state index is 0.359. The van der Waals surface area contributed by atoms with Crippen molar-refractivity contribution in [1.82, 2.24) is 0 Å². The minimum atomic E-state index is 0.359. The summed E-state index contributed by atoms with van der Waals surface area (Å²) in [6, 6.07) is 6.52. The first-order chi connectivity index (χ1) is 7.22. The zero-order valence-electron chi connectivity index (χ0n) is 9.62. The van der Waals surface area contributed by atoms with Crippen molar-refractivity contribution >= 4 is 0 Å². The van der Waals surface area contributed by atoms with Crippen LogP contribution in [-0.4, -0.2) is 6.61 Å². The molecule has 1 aliphatic carbocycles. The highest BCUT2D eigenvalue weighted by Crippen LogP contribution is 2.45. The van der Waals surface area contributed by atoms with Gasteiger partial charge in [-0.25, -0.2) is 0 Å². The van der Waals surface area contributed by atoms with E-state index in [9.17, 15) is 0 Å². The first kappa shape index (κ1) is 10.5. The van der Waals surface area contributed by atoms with E-state index in [1.165, 1.54) is 24.0 Å². The molecule has 1 aromatic carbocycles. The maximum absolute atomic E-state index is 5.65. The van der Waals surface area contributed by atoms with E-state index in [0.717, 1.165) is 18.3 Å². The first-order valence-electron chi connectivity index (χ1n) is 5.82. The second-order valence-corrected chi connectivity index (χ2v) is 4.41. The van der Waals surface area contributed by atoms with Gasteiger partial charge in [-0.2, -0.15) is 0 Å². The van der Waals surface area contributed by atoms with Crippen LogP contribution >= 0.6 is 0 Å². The monoisotopic (exact) mass is 203 g/mol. The highest BCUT2D eigenvalue weighted by molar-refractivity contribution is 5.42. The highest BCUT2D eigenvalue weighted by atomic mass is 16.5. The predicted octanol–water partition coefficient (Wildman–Crippen LogP) is 3.90. The van der Waals surface area contributed by atoms with Gasteiger partial charge in [0.1, 0.15) is 5.75 Å². The Morgan fingerprint density at radius 2 is 2.20 bits per heavy atom. The lowest BCUT2D eigenvalue weighted by Gasteiger charge is -2.13. The van der Waals surface area contributed by atoms with Crippen molar-refractivity contribution in [3.63, 3.8) is 0 Å². The summed E-state index contributed by atoms with van der Waals surface area (Å²) in [5, 5.41) is 0. The third-order valence-corrected chi connectivity index (χ3v) is 2.92. The van der Waals surface area contributed by atoms with Crippen LogP contribution in [0.1, 0.15) is 49.7 Å². The van der Waals surface area contributed by atoms with E-state index < -0.39 is 0 Å². The lowest BCUT2D eigenvalue weighted by atomic mass is 9.98. The number of hydrogen-bond acceptors (Lipinski definition) is 1. The van der Waals surface area contributed by atoms with Gasteiger partial charge in [-0.3, -0.25) is 0 Å². The molecule has 1 nitrogen and oxygen atoms in total. The molecule has 0 spiro atoms. The van der Waals surface area contributed by atoms with Gasteiger partial charge in [0.2, 0.25) is 0 Å². The molecule has 1 atom stereocenters. The maximum atomic E-state index is 5.65. The molecule has 1 saturated carbocycles. The van der Waals surface area contributed by atoms with Gasteiger partial charge in [0.25, 0.3) is 0 Å². The molecule has 81 valence electrons. The van der Waals surface area contributed by atoms with Crippen LogP contribution < -0.4 is 4.74 Å². The molecule has 1 aliphatic rings. The van der Waals surface area contributed by atoms with Crippen LogP contribution in [0, 0.1) is 6.92 Å². The summed E-state index contributed by atoms with van der Waals surface area (Å²) in [5.41, 5.74) is 2.71. The molecule has 0 saturated heterocycles. The van der Waals surface area contributed by atoms with E-state index in [-0.39, 0.29) is 0 Å². The molecule has 0 bridgehead atoms. The molecular formula is C14H19O. The minimum Gasteiger partial charge on any atom is -0.494 e. The second-order valence-electron chi connectivity index (χ2n) is 4.41. The van der Waals surface area contributed by atoms with E-state index >= 15 is 0 Å². The van der Waals surface area contributed by atoms with E-state index in [0.29, 0.717) is 5.92 Å². The number of ether oxygens (including phenoxy) is 1. The Labute approximate surface area is 92.5 Å². The molecule has 2 rings (SSSR count). The summed E-state index contributed by atoms with van der Waals surface area (Å²) >= 11 is 0. The molecular weight excluding hydrogens is 184 g/mol. The first-order valence-corrected chi connectivity index (χ1v) is 5.82. The molecule has 15 heavy (non-hydrogen) atoms. The van der Waals surface area contributed by atoms with E-state index in [4.69, 9.17) is 4.74 Å². The zero-order chi connectivity index (χ0) is 10.8. The fourth-order valence-electron chi connectivity index (χ4n) is 1.87. The standard InChI is InChI=1S/C14H19O/c1-4-15-14-8-7-12(10(2)3)9-13(14)11-5-6-11/h7-11H,2,4-6H2,1,3H3. The van der Waals surface area contributed by atoms with Crippen LogP contribution in [0.3, 0.4) is 0 Å². The smallest absolute Gasteiger partial charge is 0.122 e. The van der Waals surface area contributed by atoms with Crippen LogP contribution in [0.5, 0.6) is 5.75 Å². The van der Waals surface area contributed by atoms with Gasteiger partial charge in [-0.05, 0) is 55.7 Å².